The van der Waals surface area contributed by atoms with Crippen LogP contribution in [0.3, 0.4) is 0 Å². The number of carboxylic acids is 1. The van der Waals surface area contributed by atoms with E-state index in [2.05, 4.69) is 19.1 Å². The predicted octanol–water partition coefficient (Wildman–Crippen LogP) is 5.73. The molecule has 0 aliphatic heterocycles. The molecule has 0 aliphatic rings. The van der Waals surface area contributed by atoms with Crippen LogP contribution in [-0.4, -0.2) is 40.6 Å². The van der Waals surface area contributed by atoms with Crippen LogP contribution in [0.2, 0.25) is 0 Å². The molecular formula is C18H34NaO2. The molecule has 0 saturated carbocycles. The van der Waals surface area contributed by atoms with Crippen LogP contribution in [0.5, 0.6) is 0 Å². The minimum absolute atomic E-state index is 0. The summed E-state index contributed by atoms with van der Waals surface area (Å²) >= 11 is 0. The Hall–Kier alpha value is 0.210. The number of rotatable bonds is 15. The molecule has 21 heavy (non-hydrogen) atoms. The summed E-state index contributed by atoms with van der Waals surface area (Å²) in [5.41, 5.74) is 0. The zero-order valence-corrected chi connectivity index (χ0v) is 16.4. The second-order valence-corrected chi connectivity index (χ2v) is 5.73. The summed E-state index contributed by atoms with van der Waals surface area (Å²) in [6.07, 6.45) is 21.2. The van der Waals surface area contributed by atoms with Crippen molar-refractivity contribution in [1.82, 2.24) is 0 Å². The predicted molar refractivity (Wildman–Crippen MR) is 92.8 cm³/mol. The van der Waals surface area contributed by atoms with Crippen LogP contribution in [0.25, 0.3) is 0 Å². The SMILES string of the molecule is CCCCCCCCC=CCCCCCCCC(=O)O.[Na]. The fourth-order valence-electron chi connectivity index (χ4n) is 2.35. The molecule has 0 aromatic rings. The normalized spacial score (nSPS) is 10.7. The average molecular weight is 305 g/mol. The summed E-state index contributed by atoms with van der Waals surface area (Å²) in [6.45, 7) is 2.26. The number of hydrogen-bond acceptors (Lipinski definition) is 1. The van der Waals surface area contributed by atoms with Gasteiger partial charge in [0.15, 0.2) is 0 Å². The van der Waals surface area contributed by atoms with Gasteiger partial charge < -0.3 is 5.11 Å². The van der Waals surface area contributed by atoms with Crippen LogP contribution in [-0.2, 0) is 4.79 Å². The van der Waals surface area contributed by atoms with Gasteiger partial charge in [0.05, 0.1) is 0 Å². The maximum absolute atomic E-state index is 10.3. The molecular weight excluding hydrogens is 271 g/mol. The zero-order valence-electron chi connectivity index (χ0n) is 14.4. The van der Waals surface area contributed by atoms with Crippen molar-refractivity contribution in [1.29, 1.82) is 0 Å². The van der Waals surface area contributed by atoms with Crippen LogP contribution < -0.4 is 0 Å². The molecule has 0 heterocycles. The van der Waals surface area contributed by atoms with Crippen molar-refractivity contribution in [2.45, 2.75) is 96.8 Å². The van der Waals surface area contributed by atoms with Gasteiger partial charge in [-0.25, -0.2) is 0 Å². The molecule has 0 aliphatic carbocycles. The van der Waals surface area contributed by atoms with Gasteiger partial charge >= 0.3 is 5.97 Å². The van der Waals surface area contributed by atoms with Gasteiger partial charge in [-0.3, -0.25) is 4.79 Å². The second-order valence-electron chi connectivity index (χ2n) is 5.73. The van der Waals surface area contributed by atoms with Gasteiger partial charge in [-0.15, -0.1) is 0 Å². The van der Waals surface area contributed by atoms with Crippen molar-refractivity contribution in [2.24, 2.45) is 0 Å². The average Bonchev–Trinajstić information content (AvgIpc) is 2.43. The van der Waals surface area contributed by atoms with E-state index in [1.807, 2.05) is 0 Å². The van der Waals surface area contributed by atoms with Gasteiger partial charge in [0.25, 0.3) is 0 Å². The van der Waals surface area contributed by atoms with E-state index in [1.165, 1.54) is 70.6 Å². The molecule has 0 rings (SSSR count). The molecule has 1 radical (unpaired) electrons. The van der Waals surface area contributed by atoms with Crippen molar-refractivity contribution in [3.8, 4) is 0 Å². The van der Waals surface area contributed by atoms with Crippen molar-refractivity contribution >= 4 is 35.5 Å². The monoisotopic (exact) mass is 305 g/mol. The molecule has 3 heteroatoms. The van der Waals surface area contributed by atoms with E-state index < -0.39 is 5.97 Å². The summed E-state index contributed by atoms with van der Waals surface area (Å²) in [4.78, 5) is 10.3. The van der Waals surface area contributed by atoms with Crippen molar-refractivity contribution in [3.63, 3.8) is 0 Å². The van der Waals surface area contributed by atoms with Crippen molar-refractivity contribution in [2.75, 3.05) is 0 Å². The Kier molecular flexibility index (Phi) is 22.6. The quantitative estimate of drug-likeness (QED) is 0.238. The maximum Gasteiger partial charge on any atom is 0.303 e. The van der Waals surface area contributed by atoms with Crippen LogP contribution in [0.4, 0.5) is 0 Å². The van der Waals surface area contributed by atoms with Gasteiger partial charge in [-0.05, 0) is 32.1 Å². The molecule has 0 aromatic carbocycles. The van der Waals surface area contributed by atoms with Crippen LogP contribution in [0, 0.1) is 0 Å². The number of allylic oxidation sites excluding steroid dienone is 2. The number of hydrogen-bond donors (Lipinski definition) is 1. The Morgan fingerprint density at radius 1 is 0.762 bits per heavy atom. The molecule has 0 aromatic heterocycles. The van der Waals surface area contributed by atoms with E-state index in [0.717, 1.165) is 12.8 Å². The molecule has 0 unspecified atom stereocenters. The molecule has 0 fully saturated rings. The van der Waals surface area contributed by atoms with Gasteiger partial charge in [-0.2, -0.15) is 0 Å². The zero-order chi connectivity index (χ0) is 14.9. The fourth-order valence-corrected chi connectivity index (χ4v) is 2.35. The Balaban J connectivity index is 0. The molecule has 0 atom stereocenters. The minimum atomic E-state index is -0.664. The molecule has 119 valence electrons. The van der Waals surface area contributed by atoms with E-state index in [4.69, 9.17) is 5.11 Å². The fraction of sp³-hybridized carbons (Fsp3) is 0.833. The summed E-state index contributed by atoms with van der Waals surface area (Å²) in [5.74, 6) is -0.664. The van der Waals surface area contributed by atoms with E-state index in [1.54, 1.807) is 0 Å². The van der Waals surface area contributed by atoms with Crippen molar-refractivity contribution in [3.05, 3.63) is 12.2 Å². The van der Waals surface area contributed by atoms with E-state index >= 15 is 0 Å². The topological polar surface area (TPSA) is 37.3 Å². The first-order chi connectivity index (χ1) is 9.77. The molecule has 2 nitrogen and oxygen atoms in total. The van der Waals surface area contributed by atoms with Crippen LogP contribution in [0.1, 0.15) is 96.8 Å². The number of carbonyl (C=O) groups is 1. The largest absolute Gasteiger partial charge is 0.481 e. The number of carboxylic acid groups (broad SMARTS) is 1. The summed E-state index contributed by atoms with van der Waals surface area (Å²) in [6, 6.07) is 0. The van der Waals surface area contributed by atoms with E-state index in [0.29, 0.717) is 6.42 Å². The molecule has 0 saturated heterocycles. The van der Waals surface area contributed by atoms with Gasteiger partial charge in [0.2, 0.25) is 0 Å². The van der Waals surface area contributed by atoms with Gasteiger partial charge in [-0.1, -0.05) is 70.4 Å². The summed E-state index contributed by atoms with van der Waals surface area (Å²) in [5, 5.41) is 8.51. The smallest absolute Gasteiger partial charge is 0.303 e. The Morgan fingerprint density at radius 3 is 1.67 bits per heavy atom. The van der Waals surface area contributed by atoms with E-state index in [-0.39, 0.29) is 29.6 Å². The van der Waals surface area contributed by atoms with Crippen LogP contribution in [0.15, 0.2) is 12.2 Å². The third-order valence-corrected chi connectivity index (χ3v) is 3.65. The van der Waals surface area contributed by atoms with Gasteiger partial charge in [0, 0.05) is 36.0 Å². The molecule has 0 amide bonds. The first-order valence-electron chi connectivity index (χ1n) is 8.64. The Labute approximate surface area is 154 Å². The summed E-state index contributed by atoms with van der Waals surface area (Å²) in [7, 11) is 0. The second kappa shape index (κ2) is 20.2. The number of unbranched alkanes of at least 4 members (excludes halogenated alkanes) is 11. The Morgan fingerprint density at radius 2 is 1.19 bits per heavy atom. The minimum Gasteiger partial charge on any atom is -0.481 e. The third-order valence-electron chi connectivity index (χ3n) is 3.65. The standard InChI is InChI=1S/C18H34O2.Na/c1-2-3-4-5-6-7-8-9-10-11-12-13-14-15-16-17-18(19)20;/h9-10H,2-8,11-17H2,1H3,(H,19,20);. The third kappa shape index (κ3) is 22.6. The van der Waals surface area contributed by atoms with Crippen LogP contribution >= 0.6 is 0 Å². The number of aliphatic carboxylic acids is 1. The Bertz CT molecular complexity index is 239. The molecule has 0 spiro atoms. The molecule has 0 bridgehead atoms. The van der Waals surface area contributed by atoms with E-state index in [9.17, 15) is 4.79 Å². The molecule has 1 N–H and O–H groups in total. The van der Waals surface area contributed by atoms with Crippen molar-refractivity contribution < 1.29 is 9.90 Å². The first kappa shape index (κ1) is 23.5. The maximum atomic E-state index is 10.3. The summed E-state index contributed by atoms with van der Waals surface area (Å²) < 4.78 is 0. The first-order valence-corrected chi connectivity index (χ1v) is 8.64. The van der Waals surface area contributed by atoms with Gasteiger partial charge in [0.1, 0.15) is 0 Å².